The van der Waals surface area contributed by atoms with Gasteiger partial charge in [-0.2, -0.15) is 5.10 Å². The molecule has 8 heteroatoms. The molecule has 0 radical (unpaired) electrons. The molecule has 2 rings (SSSR count). The maximum absolute atomic E-state index is 12.0. The quantitative estimate of drug-likeness (QED) is 0.313. The number of carbonyl (C=O) groups is 2. The number of carbonyl (C=O) groups excluding carboxylic acids is 2. The Bertz CT molecular complexity index is 936. The van der Waals surface area contributed by atoms with Gasteiger partial charge in [-0.25, -0.2) is 5.43 Å². The van der Waals surface area contributed by atoms with Gasteiger partial charge in [0, 0.05) is 28.6 Å². The number of amides is 2. The Morgan fingerprint density at radius 1 is 1.13 bits per heavy atom. The molecule has 2 amide bonds. The zero-order valence-electron chi connectivity index (χ0n) is 16.5. The van der Waals surface area contributed by atoms with Crippen LogP contribution in [-0.2, 0) is 9.59 Å². The zero-order valence-corrected chi connectivity index (χ0v) is 18.1. The van der Waals surface area contributed by atoms with E-state index in [-0.39, 0.29) is 31.3 Å². The molecule has 0 heterocycles. The molecule has 0 aliphatic heterocycles. The van der Waals surface area contributed by atoms with Gasteiger partial charge in [-0.3, -0.25) is 9.59 Å². The molecule has 0 aromatic heterocycles. The van der Waals surface area contributed by atoms with Crippen molar-refractivity contribution in [3.8, 4) is 23.8 Å². The number of halogens is 1. The summed E-state index contributed by atoms with van der Waals surface area (Å²) in [5, 5.41) is 6.65. The smallest absolute Gasteiger partial charge is 0.240 e. The topological polar surface area (TPSA) is 89.0 Å². The lowest BCUT2D eigenvalue weighted by Gasteiger charge is -2.07. The molecular weight excluding hydrogens is 450 g/mol. The van der Waals surface area contributed by atoms with E-state index in [0.29, 0.717) is 23.6 Å². The van der Waals surface area contributed by atoms with E-state index in [1.807, 2.05) is 13.0 Å². The molecule has 0 spiro atoms. The van der Waals surface area contributed by atoms with Gasteiger partial charge in [-0.1, -0.05) is 21.9 Å². The Labute approximate surface area is 184 Å². The fraction of sp³-hybridized carbons (Fsp3) is 0.227. The molecule has 7 nitrogen and oxygen atoms in total. The molecular formula is C22H22BrN3O4. The summed E-state index contributed by atoms with van der Waals surface area (Å²) < 4.78 is 11.6. The lowest BCUT2D eigenvalue weighted by molar-refractivity contribution is -0.124. The molecule has 0 bridgehead atoms. The van der Waals surface area contributed by atoms with Crippen molar-refractivity contribution < 1.29 is 19.1 Å². The van der Waals surface area contributed by atoms with Crippen molar-refractivity contribution in [1.82, 2.24) is 5.43 Å². The van der Waals surface area contributed by atoms with Crippen LogP contribution < -0.4 is 20.2 Å². The highest BCUT2D eigenvalue weighted by atomic mass is 79.9. The second-order valence-corrected chi connectivity index (χ2v) is 6.89. The van der Waals surface area contributed by atoms with Gasteiger partial charge < -0.3 is 14.8 Å². The minimum Gasteiger partial charge on any atom is -0.494 e. The number of nitrogens with zero attached hydrogens (tertiary/aromatic N) is 1. The minimum absolute atomic E-state index is 0.000856. The first kappa shape index (κ1) is 23.0. The standard InChI is InChI=1S/C22H22BrN3O4/c1-3-13-30-20-10-5-17(23)14-16(20)15-24-26-22(28)12-11-21(27)25-18-6-8-19(9-7-18)29-4-2/h1,5-10,14-15H,4,11-13H2,2H3,(H,25,27)(H,26,28). The number of hydrogen-bond acceptors (Lipinski definition) is 5. The molecule has 2 aromatic carbocycles. The molecule has 0 unspecified atom stereocenters. The Hall–Kier alpha value is -3.31. The van der Waals surface area contributed by atoms with Crippen molar-refractivity contribution in [3.05, 3.63) is 52.5 Å². The number of hydrazone groups is 1. The normalized spacial score (nSPS) is 10.3. The van der Waals surface area contributed by atoms with Crippen molar-refractivity contribution in [3.63, 3.8) is 0 Å². The third-order valence-electron chi connectivity index (χ3n) is 3.70. The zero-order chi connectivity index (χ0) is 21.8. The second-order valence-electron chi connectivity index (χ2n) is 5.97. The highest BCUT2D eigenvalue weighted by molar-refractivity contribution is 9.10. The van der Waals surface area contributed by atoms with Crippen LogP contribution >= 0.6 is 15.9 Å². The van der Waals surface area contributed by atoms with Crippen LogP contribution in [0.15, 0.2) is 52.0 Å². The predicted molar refractivity (Wildman–Crippen MR) is 120 cm³/mol. The van der Waals surface area contributed by atoms with Crippen LogP contribution in [0, 0.1) is 12.3 Å². The van der Waals surface area contributed by atoms with Gasteiger partial charge in [0.15, 0.2) is 0 Å². The highest BCUT2D eigenvalue weighted by Crippen LogP contribution is 2.21. The van der Waals surface area contributed by atoms with E-state index in [2.05, 4.69) is 37.7 Å². The first-order valence-electron chi connectivity index (χ1n) is 9.22. The number of terminal acetylenes is 1. The van der Waals surface area contributed by atoms with E-state index in [0.717, 1.165) is 10.2 Å². The summed E-state index contributed by atoms with van der Waals surface area (Å²) in [4.78, 5) is 23.9. The van der Waals surface area contributed by atoms with E-state index >= 15 is 0 Å². The molecule has 2 N–H and O–H groups in total. The van der Waals surface area contributed by atoms with Crippen LogP contribution in [0.3, 0.4) is 0 Å². The summed E-state index contributed by atoms with van der Waals surface area (Å²) in [6.07, 6.45) is 6.69. The van der Waals surface area contributed by atoms with Crippen LogP contribution in [0.4, 0.5) is 5.69 Å². The predicted octanol–water partition coefficient (Wildman–Crippen LogP) is 3.73. The highest BCUT2D eigenvalue weighted by Gasteiger charge is 2.07. The van der Waals surface area contributed by atoms with E-state index in [9.17, 15) is 9.59 Å². The summed E-state index contributed by atoms with van der Waals surface area (Å²) in [6, 6.07) is 12.4. The number of ether oxygens (including phenoxy) is 2. The Morgan fingerprint density at radius 3 is 2.57 bits per heavy atom. The molecule has 0 atom stereocenters. The van der Waals surface area contributed by atoms with Crippen LogP contribution in [0.1, 0.15) is 25.3 Å². The number of nitrogens with one attached hydrogen (secondary N) is 2. The number of benzene rings is 2. The Kier molecular flexibility index (Phi) is 9.42. The first-order valence-corrected chi connectivity index (χ1v) is 10.0. The van der Waals surface area contributed by atoms with Crippen LogP contribution in [-0.4, -0.2) is 31.2 Å². The van der Waals surface area contributed by atoms with E-state index in [1.165, 1.54) is 6.21 Å². The van der Waals surface area contributed by atoms with Gasteiger partial charge in [0.2, 0.25) is 11.8 Å². The molecule has 2 aromatic rings. The molecule has 30 heavy (non-hydrogen) atoms. The molecule has 0 fully saturated rings. The molecule has 156 valence electrons. The lowest BCUT2D eigenvalue weighted by Crippen LogP contribution is -2.20. The van der Waals surface area contributed by atoms with Gasteiger partial charge in [-0.15, -0.1) is 6.42 Å². The summed E-state index contributed by atoms with van der Waals surface area (Å²) in [5.41, 5.74) is 3.68. The molecule has 0 saturated carbocycles. The van der Waals surface area contributed by atoms with Gasteiger partial charge in [0.05, 0.1) is 12.8 Å². The van der Waals surface area contributed by atoms with Crippen molar-refractivity contribution in [2.24, 2.45) is 5.10 Å². The van der Waals surface area contributed by atoms with Crippen molar-refractivity contribution in [2.45, 2.75) is 19.8 Å². The minimum atomic E-state index is -0.380. The molecule has 0 aliphatic carbocycles. The summed E-state index contributed by atoms with van der Waals surface area (Å²) in [6.45, 7) is 2.60. The monoisotopic (exact) mass is 471 g/mol. The fourth-order valence-electron chi connectivity index (χ4n) is 2.35. The largest absolute Gasteiger partial charge is 0.494 e. The fourth-order valence-corrected chi connectivity index (χ4v) is 2.73. The lowest BCUT2D eigenvalue weighted by atomic mass is 10.2. The van der Waals surface area contributed by atoms with Gasteiger partial charge in [-0.05, 0) is 49.4 Å². The third kappa shape index (κ3) is 7.97. The Balaban J connectivity index is 1.80. The van der Waals surface area contributed by atoms with Crippen LogP contribution in [0.5, 0.6) is 11.5 Å². The van der Waals surface area contributed by atoms with Gasteiger partial charge in [0.25, 0.3) is 0 Å². The summed E-state index contributed by atoms with van der Waals surface area (Å²) >= 11 is 3.37. The second kappa shape index (κ2) is 12.3. The average Bonchev–Trinajstić information content (AvgIpc) is 2.73. The maximum Gasteiger partial charge on any atom is 0.240 e. The SMILES string of the molecule is C#CCOc1ccc(Br)cc1C=NNC(=O)CCC(=O)Nc1ccc(OCC)cc1. The third-order valence-corrected chi connectivity index (χ3v) is 4.20. The van der Waals surface area contributed by atoms with Crippen molar-refractivity contribution in [2.75, 3.05) is 18.5 Å². The van der Waals surface area contributed by atoms with E-state index in [4.69, 9.17) is 15.9 Å². The number of hydrogen-bond donors (Lipinski definition) is 2. The number of rotatable bonds is 10. The Morgan fingerprint density at radius 2 is 1.87 bits per heavy atom. The van der Waals surface area contributed by atoms with Gasteiger partial charge in [0.1, 0.15) is 18.1 Å². The molecule has 0 saturated heterocycles. The van der Waals surface area contributed by atoms with Crippen molar-refractivity contribution in [1.29, 1.82) is 0 Å². The van der Waals surface area contributed by atoms with E-state index < -0.39 is 0 Å². The summed E-state index contributed by atoms with van der Waals surface area (Å²) in [7, 11) is 0. The molecule has 0 aliphatic rings. The number of anilines is 1. The van der Waals surface area contributed by atoms with E-state index in [1.54, 1.807) is 36.4 Å². The van der Waals surface area contributed by atoms with Crippen LogP contribution in [0.2, 0.25) is 0 Å². The van der Waals surface area contributed by atoms with Crippen molar-refractivity contribution >= 4 is 39.6 Å². The maximum atomic E-state index is 12.0. The van der Waals surface area contributed by atoms with Crippen LogP contribution in [0.25, 0.3) is 0 Å². The summed E-state index contributed by atoms with van der Waals surface area (Å²) in [5.74, 6) is 3.02. The first-order chi connectivity index (χ1) is 14.5. The van der Waals surface area contributed by atoms with Gasteiger partial charge >= 0.3 is 0 Å². The average molecular weight is 472 g/mol.